The summed E-state index contributed by atoms with van der Waals surface area (Å²) in [5, 5.41) is 11.5. The fraction of sp³-hybridized carbons (Fsp3) is 0.364. The normalized spacial score (nSPS) is 13.5. The minimum absolute atomic E-state index is 0.388. The van der Waals surface area contributed by atoms with Gasteiger partial charge in [0.25, 0.3) is 0 Å². The lowest BCUT2D eigenvalue weighted by Gasteiger charge is -2.04. The number of nitriles is 1. The van der Waals surface area contributed by atoms with Gasteiger partial charge in [-0.15, -0.1) is 0 Å². The smallest absolute Gasteiger partial charge is 0.103 e. The van der Waals surface area contributed by atoms with Crippen molar-refractivity contribution in [1.29, 1.82) is 5.26 Å². The second kappa shape index (κ2) is 3.49. The van der Waals surface area contributed by atoms with Gasteiger partial charge < -0.3 is 5.32 Å². The van der Waals surface area contributed by atoms with Gasteiger partial charge in [0.05, 0.1) is 6.07 Å². The van der Waals surface area contributed by atoms with Gasteiger partial charge in [0, 0.05) is 5.69 Å². The Balaban J connectivity index is 2.17. The van der Waals surface area contributed by atoms with Crippen molar-refractivity contribution in [3.05, 3.63) is 29.3 Å². The third kappa shape index (κ3) is 1.65. The summed E-state index contributed by atoms with van der Waals surface area (Å²) in [5.41, 5.74) is 3.99. The number of rotatable bonds is 2. The van der Waals surface area contributed by atoms with Crippen molar-refractivity contribution in [3.8, 4) is 6.07 Å². The third-order valence-electron chi connectivity index (χ3n) is 2.47. The number of fused-ring (bicyclic) bond motifs is 1. The molecule has 13 heavy (non-hydrogen) atoms. The average molecular weight is 172 g/mol. The molecule has 0 saturated carbocycles. The van der Waals surface area contributed by atoms with Crippen molar-refractivity contribution in [2.45, 2.75) is 19.3 Å². The maximum Gasteiger partial charge on any atom is 0.103 e. The Morgan fingerprint density at radius 3 is 3.00 bits per heavy atom. The Morgan fingerprint density at radius 1 is 1.31 bits per heavy atom. The molecule has 66 valence electrons. The van der Waals surface area contributed by atoms with Crippen LogP contribution in [0, 0.1) is 11.3 Å². The number of nitrogens with zero attached hydrogens (tertiary/aromatic N) is 1. The van der Waals surface area contributed by atoms with E-state index < -0.39 is 0 Å². The van der Waals surface area contributed by atoms with Crippen LogP contribution in [-0.2, 0) is 12.8 Å². The summed E-state index contributed by atoms with van der Waals surface area (Å²) in [4.78, 5) is 0. The highest BCUT2D eigenvalue weighted by molar-refractivity contribution is 5.50. The zero-order valence-electron chi connectivity index (χ0n) is 7.51. The summed E-state index contributed by atoms with van der Waals surface area (Å²) in [7, 11) is 0. The zero-order valence-corrected chi connectivity index (χ0v) is 7.51. The van der Waals surface area contributed by atoms with E-state index in [1.165, 1.54) is 30.4 Å². The molecule has 1 aromatic carbocycles. The van der Waals surface area contributed by atoms with Gasteiger partial charge in [0.2, 0.25) is 0 Å². The van der Waals surface area contributed by atoms with E-state index >= 15 is 0 Å². The van der Waals surface area contributed by atoms with E-state index in [1.807, 2.05) is 0 Å². The first-order chi connectivity index (χ1) is 6.40. The quantitative estimate of drug-likeness (QED) is 0.693. The van der Waals surface area contributed by atoms with E-state index in [1.54, 1.807) is 0 Å². The molecule has 0 radical (unpaired) electrons. The lowest BCUT2D eigenvalue weighted by atomic mass is 10.1. The molecule has 1 aromatic rings. The lowest BCUT2D eigenvalue weighted by molar-refractivity contribution is 0.912. The monoisotopic (exact) mass is 172 g/mol. The summed E-state index contributed by atoms with van der Waals surface area (Å²) >= 11 is 0. The molecule has 0 spiro atoms. The van der Waals surface area contributed by atoms with Crippen molar-refractivity contribution in [2.24, 2.45) is 0 Å². The minimum atomic E-state index is 0.388. The molecule has 2 rings (SSSR count). The summed E-state index contributed by atoms with van der Waals surface area (Å²) in [6.07, 6.45) is 3.68. The number of hydrogen-bond acceptors (Lipinski definition) is 2. The molecule has 0 saturated heterocycles. The van der Waals surface area contributed by atoms with E-state index in [0.29, 0.717) is 6.54 Å². The molecule has 0 fully saturated rings. The molecule has 0 unspecified atom stereocenters. The average Bonchev–Trinajstić information content (AvgIpc) is 2.61. The maximum absolute atomic E-state index is 8.41. The molecular weight excluding hydrogens is 160 g/mol. The Labute approximate surface area is 78.2 Å². The van der Waals surface area contributed by atoms with Gasteiger partial charge in [-0.3, -0.25) is 0 Å². The second-order valence-electron chi connectivity index (χ2n) is 3.35. The zero-order chi connectivity index (χ0) is 9.10. The molecule has 0 bridgehead atoms. The standard InChI is InChI=1S/C11H12N2/c12-6-7-13-11-5-4-9-2-1-3-10(9)8-11/h4-5,8,13H,1-3,7H2. The van der Waals surface area contributed by atoms with Crippen LogP contribution in [0.15, 0.2) is 18.2 Å². The van der Waals surface area contributed by atoms with Gasteiger partial charge in [-0.1, -0.05) is 6.07 Å². The van der Waals surface area contributed by atoms with Crippen LogP contribution in [0.5, 0.6) is 0 Å². The topological polar surface area (TPSA) is 35.8 Å². The van der Waals surface area contributed by atoms with Crippen LogP contribution in [0.1, 0.15) is 17.5 Å². The second-order valence-corrected chi connectivity index (χ2v) is 3.35. The SMILES string of the molecule is N#CCNc1ccc2c(c1)CCC2. The first-order valence-electron chi connectivity index (χ1n) is 4.63. The summed E-state index contributed by atoms with van der Waals surface area (Å²) < 4.78 is 0. The van der Waals surface area contributed by atoms with Crippen LogP contribution >= 0.6 is 0 Å². The Kier molecular flexibility index (Phi) is 2.18. The Bertz CT molecular complexity index is 350. The first-order valence-corrected chi connectivity index (χ1v) is 4.63. The van der Waals surface area contributed by atoms with E-state index in [2.05, 4.69) is 29.6 Å². The van der Waals surface area contributed by atoms with Gasteiger partial charge in [-0.2, -0.15) is 5.26 Å². The molecule has 0 aliphatic heterocycles. The van der Waals surface area contributed by atoms with Crippen LogP contribution in [0.2, 0.25) is 0 Å². The van der Waals surface area contributed by atoms with Crippen molar-refractivity contribution in [2.75, 3.05) is 11.9 Å². The third-order valence-corrected chi connectivity index (χ3v) is 2.47. The molecule has 1 N–H and O–H groups in total. The van der Waals surface area contributed by atoms with Crippen molar-refractivity contribution in [1.82, 2.24) is 0 Å². The number of benzene rings is 1. The lowest BCUT2D eigenvalue weighted by Crippen LogP contribution is -1.98. The molecule has 0 heterocycles. The highest BCUT2D eigenvalue weighted by Gasteiger charge is 2.09. The van der Waals surface area contributed by atoms with Crippen molar-refractivity contribution < 1.29 is 0 Å². The molecular formula is C11H12N2. The van der Waals surface area contributed by atoms with Gasteiger partial charge in [0.1, 0.15) is 6.54 Å². The van der Waals surface area contributed by atoms with E-state index in [4.69, 9.17) is 5.26 Å². The van der Waals surface area contributed by atoms with E-state index in [9.17, 15) is 0 Å². The predicted molar refractivity (Wildman–Crippen MR) is 52.6 cm³/mol. The highest BCUT2D eigenvalue weighted by atomic mass is 14.9. The number of nitrogens with one attached hydrogen (secondary N) is 1. The van der Waals surface area contributed by atoms with Crippen LogP contribution in [0.4, 0.5) is 5.69 Å². The van der Waals surface area contributed by atoms with E-state index in [0.717, 1.165) is 5.69 Å². The van der Waals surface area contributed by atoms with Gasteiger partial charge >= 0.3 is 0 Å². The van der Waals surface area contributed by atoms with Gasteiger partial charge in [-0.25, -0.2) is 0 Å². The molecule has 2 nitrogen and oxygen atoms in total. The van der Waals surface area contributed by atoms with Crippen LogP contribution in [0.25, 0.3) is 0 Å². The summed E-state index contributed by atoms with van der Waals surface area (Å²) in [5.74, 6) is 0. The fourth-order valence-electron chi connectivity index (χ4n) is 1.82. The van der Waals surface area contributed by atoms with Crippen molar-refractivity contribution in [3.63, 3.8) is 0 Å². The summed E-state index contributed by atoms with van der Waals surface area (Å²) in [6, 6.07) is 8.46. The Hall–Kier alpha value is -1.49. The van der Waals surface area contributed by atoms with E-state index in [-0.39, 0.29) is 0 Å². The highest BCUT2D eigenvalue weighted by Crippen LogP contribution is 2.24. The number of aryl methyl sites for hydroxylation is 2. The molecule has 1 aliphatic carbocycles. The minimum Gasteiger partial charge on any atom is -0.372 e. The first kappa shape index (κ1) is 8.12. The predicted octanol–water partition coefficient (Wildman–Crippen LogP) is 2.11. The molecule has 0 atom stereocenters. The van der Waals surface area contributed by atoms with Crippen LogP contribution in [-0.4, -0.2) is 6.54 Å². The molecule has 2 heteroatoms. The van der Waals surface area contributed by atoms with Crippen LogP contribution < -0.4 is 5.32 Å². The van der Waals surface area contributed by atoms with Gasteiger partial charge in [-0.05, 0) is 42.5 Å². The molecule has 1 aliphatic rings. The van der Waals surface area contributed by atoms with Gasteiger partial charge in [0.15, 0.2) is 0 Å². The van der Waals surface area contributed by atoms with Crippen LogP contribution in [0.3, 0.4) is 0 Å². The maximum atomic E-state index is 8.41. The number of anilines is 1. The Morgan fingerprint density at radius 2 is 2.15 bits per heavy atom. The number of hydrogen-bond donors (Lipinski definition) is 1. The van der Waals surface area contributed by atoms with Crippen molar-refractivity contribution >= 4 is 5.69 Å². The molecule has 0 aromatic heterocycles. The largest absolute Gasteiger partial charge is 0.372 e. The molecule has 0 amide bonds. The fourth-order valence-corrected chi connectivity index (χ4v) is 1.82. The summed E-state index contributed by atoms with van der Waals surface area (Å²) in [6.45, 7) is 0.388.